The minimum Gasteiger partial charge on any atom is -0.451 e. The van der Waals surface area contributed by atoms with Crippen LogP contribution in [-0.4, -0.2) is 81.1 Å². The topological polar surface area (TPSA) is 205 Å². The van der Waals surface area contributed by atoms with Gasteiger partial charge in [-0.05, 0) is 32.8 Å². The molecule has 2 aromatic rings. The summed E-state index contributed by atoms with van der Waals surface area (Å²) in [5.41, 5.74) is -1.16. The Labute approximate surface area is 278 Å². The van der Waals surface area contributed by atoms with Crippen LogP contribution in [-0.2, 0) is 29.9 Å². The maximum atomic E-state index is 14.2. The number of halogens is 2. The molecule has 0 spiro atoms. The van der Waals surface area contributed by atoms with Crippen LogP contribution in [0.2, 0.25) is 0 Å². The zero-order valence-corrected chi connectivity index (χ0v) is 27.4. The molecule has 1 fully saturated rings. The van der Waals surface area contributed by atoms with Gasteiger partial charge in [-0.1, -0.05) is 11.2 Å². The van der Waals surface area contributed by atoms with Crippen molar-refractivity contribution < 1.29 is 61.1 Å². The van der Waals surface area contributed by atoms with Gasteiger partial charge in [0.25, 0.3) is 11.8 Å². The van der Waals surface area contributed by atoms with Crippen molar-refractivity contribution in [2.24, 2.45) is 5.16 Å². The summed E-state index contributed by atoms with van der Waals surface area (Å²) in [6, 6.07) is 1.93. The molecule has 2 amide bonds. The molecule has 2 aliphatic heterocycles. The predicted octanol–water partition coefficient (Wildman–Crippen LogP) is 3.15. The van der Waals surface area contributed by atoms with Crippen LogP contribution in [0.4, 0.5) is 13.6 Å². The summed E-state index contributed by atoms with van der Waals surface area (Å²) in [7, 11) is -4.73. The number of fused-ring (bicyclic) bond motifs is 4. The Hall–Kier alpha value is -4.38. The molecule has 1 aromatic carbocycles. The number of pyridine rings is 1. The monoisotopic (exact) mass is 712 g/mol. The number of phosphoric ester groups is 1. The van der Waals surface area contributed by atoms with E-state index in [0.717, 1.165) is 12.1 Å². The zero-order valence-electron chi connectivity index (χ0n) is 26.5. The highest BCUT2D eigenvalue weighted by Gasteiger charge is 2.39. The third-order valence-corrected chi connectivity index (χ3v) is 8.90. The molecule has 0 radical (unpaired) electrons. The maximum absolute atomic E-state index is 14.2. The first-order chi connectivity index (χ1) is 23.2. The first kappa shape index (κ1) is 35.9. The van der Waals surface area contributed by atoms with Gasteiger partial charge in [0.1, 0.15) is 29.9 Å². The fraction of sp³-hybridized carbons (Fsp3) is 0.500. The van der Waals surface area contributed by atoms with E-state index in [1.165, 1.54) is 10.8 Å². The van der Waals surface area contributed by atoms with Crippen LogP contribution in [0.25, 0.3) is 0 Å². The number of rotatable bonds is 9. The van der Waals surface area contributed by atoms with Crippen molar-refractivity contribution in [3.63, 3.8) is 0 Å². The Morgan fingerprint density at radius 2 is 1.92 bits per heavy atom. The molecular formula is C30H35F2N4O12P. The van der Waals surface area contributed by atoms with E-state index >= 15 is 0 Å². The second-order valence-electron chi connectivity index (χ2n) is 11.9. The van der Waals surface area contributed by atoms with Crippen molar-refractivity contribution in [1.29, 1.82) is 0 Å². The Morgan fingerprint density at radius 1 is 1.16 bits per heavy atom. The number of hydrogen-bond acceptors (Lipinski definition) is 11. The lowest BCUT2D eigenvalue weighted by Gasteiger charge is -2.40. The Kier molecular flexibility index (Phi) is 11.0. The average Bonchev–Trinajstić information content (AvgIpc) is 3.45. The Balaban J connectivity index is 1.41. The molecule has 266 valence electrons. The van der Waals surface area contributed by atoms with Crippen LogP contribution in [0.1, 0.15) is 78.4 Å². The summed E-state index contributed by atoms with van der Waals surface area (Å²) in [6.07, 6.45) is -0.476. The van der Waals surface area contributed by atoms with E-state index in [1.807, 2.05) is 0 Å². The number of aromatic nitrogens is 1. The maximum Gasteiger partial charge on any atom is 0.511 e. The fourth-order valence-electron chi connectivity index (χ4n) is 5.93. The molecule has 4 atom stereocenters. The first-order valence-electron chi connectivity index (χ1n) is 15.4. The molecule has 3 aliphatic rings. The van der Waals surface area contributed by atoms with E-state index < -0.39 is 85.8 Å². The van der Waals surface area contributed by atoms with Crippen molar-refractivity contribution in [3.8, 4) is 5.75 Å². The van der Waals surface area contributed by atoms with Crippen molar-refractivity contribution >= 4 is 31.5 Å². The van der Waals surface area contributed by atoms with Crippen LogP contribution < -0.4 is 15.5 Å². The number of phosphoric acid groups is 1. The predicted molar refractivity (Wildman–Crippen MR) is 164 cm³/mol. The number of carbonyl (C=O) groups is 3. The minimum absolute atomic E-state index is 0.00652. The number of oxime groups is 1. The lowest BCUT2D eigenvalue weighted by atomic mass is 10.0. The van der Waals surface area contributed by atoms with Crippen LogP contribution in [0.5, 0.6) is 5.75 Å². The highest BCUT2D eigenvalue weighted by atomic mass is 31.2. The van der Waals surface area contributed by atoms with E-state index in [9.17, 15) is 32.5 Å². The van der Waals surface area contributed by atoms with Crippen molar-refractivity contribution in [3.05, 3.63) is 63.1 Å². The van der Waals surface area contributed by atoms with E-state index in [-0.39, 0.29) is 56.1 Å². The summed E-state index contributed by atoms with van der Waals surface area (Å²) < 4.78 is 60.6. The van der Waals surface area contributed by atoms with Crippen LogP contribution >= 0.6 is 7.82 Å². The number of nitrogens with zero attached hydrogens (tertiary/aromatic N) is 3. The minimum atomic E-state index is -4.73. The van der Waals surface area contributed by atoms with Crippen LogP contribution in [0.3, 0.4) is 0 Å². The molecule has 2 bridgehead atoms. The third-order valence-electron chi connectivity index (χ3n) is 8.33. The van der Waals surface area contributed by atoms with Gasteiger partial charge in [-0.3, -0.25) is 18.9 Å². The number of nitrogens with one attached hydrogen (secondary N) is 1. The number of carbonyl (C=O) groups excluding carboxylic acids is 3. The van der Waals surface area contributed by atoms with Gasteiger partial charge in [-0.15, -0.1) is 0 Å². The van der Waals surface area contributed by atoms with Gasteiger partial charge in [-0.2, -0.15) is 0 Å². The van der Waals surface area contributed by atoms with E-state index in [2.05, 4.69) is 15.0 Å². The highest BCUT2D eigenvalue weighted by Crippen LogP contribution is 2.42. The molecule has 3 N–H and O–H groups in total. The quantitative estimate of drug-likeness (QED) is 0.195. The molecule has 49 heavy (non-hydrogen) atoms. The highest BCUT2D eigenvalue weighted by molar-refractivity contribution is 7.46. The van der Waals surface area contributed by atoms with Gasteiger partial charge in [-0.25, -0.2) is 18.1 Å². The number of benzene rings is 1. The smallest absolute Gasteiger partial charge is 0.451 e. The molecule has 3 heterocycles. The molecule has 1 aromatic heterocycles. The van der Waals surface area contributed by atoms with Crippen molar-refractivity contribution in [1.82, 2.24) is 14.8 Å². The molecule has 5 rings (SSSR count). The summed E-state index contributed by atoms with van der Waals surface area (Å²) in [4.78, 5) is 78.5. The Bertz CT molecular complexity index is 1750. The standard InChI is InChI=1S/C30H35F2N4O12P/c1-16-9-20-13-35(17(2)7-8-46-34-16)29(39)25-27(44-15-45-30(40)47-21-5-6-22(11-21)48-49(41,42)43)26(37)23(14-36(20)25)28(38)33-12-18-3-4-19(31)10-24(18)32/h3-4,10,14,17,20-22H,5-9,11-13,15H2,1-2H3,(H,33,38)(H2,41,42,43)/b34-16-/t17-,20-,21+,22-/m0/s1. The molecule has 1 aliphatic carbocycles. The SMILES string of the molecule is C/C1=N/OCC[C@H](C)N2C[C@H](C1)n1cc(C(=O)NCc3ccc(F)cc3F)c(=O)c(OCOC(=O)O[C@@H]3CC[C@H](OP(=O)(O)O)C3)c1C2=O. The van der Waals surface area contributed by atoms with Crippen LogP contribution in [0.15, 0.2) is 34.3 Å². The van der Waals surface area contributed by atoms with Gasteiger partial charge in [0.2, 0.25) is 18.0 Å². The van der Waals surface area contributed by atoms with E-state index in [1.54, 1.807) is 18.7 Å². The van der Waals surface area contributed by atoms with Gasteiger partial charge in [0.05, 0.1) is 17.9 Å². The van der Waals surface area contributed by atoms with Crippen molar-refractivity contribution in [2.45, 2.75) is 76.8 Å². The molecular weight excluding hydrogens is 677 g/mol. The van der Waals surface area contributed by atoms with Gasteiger partial charge < -0.3 is 43.6 Å². The summed E-state index contributed by atoms with van der Waals surface area (Å²) in [5, 5.41) is 6.55. The second-order valence-corrected chi connectivity index (χ2v) is 13.1. The molecule has 1 saturated carbocycles. The Morgan fingerprint density at radius 3 is 2.65 bits per heavy atom. The number of hydrogen-bond donors (Lipinski definition) is 3. The first-order valence-corrected chi connectivity index (χ1v) is 16.9. The molecule has 0 unspecified atom stereocenters. The fourth-order valence-corrected chi connectivity index (χ4v) is 6.51. The number of ether oxygens (including phenoxy) is 3. The molecule has 19 heteroatoms. The largest absolute Gasteiger partial charge is 0.511 e. The van der Waals surface area contributed by atoms with Crippen LogP contribution in [0, 0.1) is 11.6 Å². The molecule has 0 saturated heterocycles. The average molecular weight is 713 g/mol. The summed E-state index contributed by atoms with van der Waals surface area (Å²) in [5.74, 6) is -3.83. The third kappa shape index (κ3) is 8.81. The summed E-state index contributed by atoms with van der Waals surface area (Å²) >= 11 is 0. The van der Waals surface area contributed by atoms with Gasteiger partial charge in [0, 0.05) is 56.2 Å². The van der Waals surface area contributed by atoms with Gasteiger partial charge in [0.15, 0.2) is 5.69 Å². The normalized spacial score (nSPS) is 23.4. The lowest BCUT2D eigenvalue weighted by Crippen LogP contribution is -2.50. The van der Waals surface area contributed by atoms with Gasteiger partial charge >= 0.3 is 14.0 Å². The molecule has 16 nitrogen and oxygen atoms in total. The van der Waals surface area contributed by atoms with Crippen molar-refractivity contribution in [2.75, 3.05) is 19.9 Å². The zero-order chi connectivity index (χ0) is 35.5. The summed E-state index contributed by atoms with van der Waals surface area (Å²) in [6.45, 7) is 2.65. The van der Waals surface area contributed by atoms with E-state index in [4.69, 9.17) is 28.8 Å². The lowest BCUT2D eigenvalue weighted by molar-refractivity contribution is -0.0166. The van der Waals surface area contributed by atoms with E-state index in [0.29, 0.717) is 18.2 Å². The second kappa shape index (κ2) is 15.0. The number of amides is 2.